The van der Waals surface area contributed by atoms with Crippen LogP contribution in [0.2, 0.25) is 0 Å². The number of hydrogen-bond acceptors (Lipinski definition) is 7. The zero-order chi connectivity index (χ0) is 38.5. The molecular weight excluding hydrogens is 654 g/mol. The van der Waals surface area contributed by atoms with E-state index in [9.17, 15) is 19.5 Å². The Morgan fingerprint density at radius 2 is 1.12 bits per heavy atom. The summed E-state index contributed by atoms with van der Waals surface area (Å²) in [7, 11) is 5.38. The van der Waals surface area contributed by atoms with E-state index in [1.54, 1.807) is 21.1 Å². The smallest absolute Gasteiger partial charge is 0.306 e. The van der Waals surface area contributed by atoms with Crippen LogP contribution in [0.5, 0.6) is 0 Å². The highest BCUT2D eigenvalue weighted by atomic mass is 16.6. The number of aliphatic carboxylic acids is 1. The second-order valence-electron chi connectivity index (χ2n) is 14.8. The minimum Gasteiger partial charge on any atom is -0.544 e. The van der Waals surface area contributed by atoms with Crippen LogP contribution in [-0.4, -0.2) is 75.5 Å². The third kappa shape index (κ3) is 33.1. The third-order valence-electron chi connectivity index (χ3n) is 8.96. The summed E-state index contributed by atoms with van der Waals surface area (Å²) in [5.41, 5.74) is 0. The van der Waals surface area contributed by atoms with Crippen LogP contribution in [0, 0.1) is 0 Å². The van der Waals surface area contributed by atoms with Gasteiger partial charge in [-0.1, -0.05) is 133 Å². The monoisotopic (exact) mass is 732 g/mol. The summed E-state index contributed by atoms with van der Waals surface area (Å²) >= 11 is 0. The molecule has 2 unspecified atom stereocenters. The highest BCUT2D eigenvalue weighted by Crippen LogP contribution is 2.13. The van der Waals surface area contributed by atoms with E-state index < -0.39 is 18.1 Å². The van der Waals surface area contributed by atoms with E-state index in [2.05, 4.69) is 56.4 Å². The maximum absolute atomic E-state index is 12.6. The van der Waals surface area contributed by atoms with Crippen molar-refractivity contribution in [3.63, 3.8) is 0 Å². The molecule has 8 nitrogen and oxygen atoms in total. The summed E-state index contributed by atoms with van der Waals surface area (Å²) in [6.07, 6.45) is 40.2. The molecule has 0 aliphatic carbocycles. The Balaban J connectivity index is 4.25. The number of likely N-dealkylation sites (N-methyl/N-ethyl adjacent to an activating group) is 1. The number of carbonyl (C=O) groups is 3. The Bertz CT molecular complexity index is 995. The largest absolute Gasteiger partial charge is 0.544 e. The van der Waals surface area contributed by atoms with Crippen molar-refractivity contribution in [2.75, 3.05) is 41.0 Å². The topological polar surface area (TPSA) is 102 Å². The van der Waals surface area contributed by atoms with Crippen LogP contribution < -0.4 is 5.11 Å². The van der Waals surface area contributed by atoms with Gasteiger partial charge in [0.25, 0.3) is 0 Å². The zero-order valence-corrected chi connectivity index (χ0v) is 34.0. The van der Waals surface area contributed by atoms with Crippen LogP contribution in [0.25, 0.3) is 0 Å². The molecule has 0 spiro atoms. The molecule has 0 aromatic heterocycles. The van der Waals surface area contributed by atoms with Gasteiger partial charge < -0.3 is 28.6 Å². The molecule has 0 saturated heterocycles. The van der Waals surface area contributed by atoms with Crippen molar-refractivity contribution < 1.29 is 38.2 Å². The van der Waals surface area contributed by atoms with Gasteiger partial charge in [-0.3, -0.25) is 9.59 Å². The summed E-state index contributed by atoms with van der Waals surface area (Å²) in [6, 6.07) is -0.730. The van der Waals surface area contributed by atoms with Gasteiger partial charge in [0, 0.05) is 19.3 Å². The molecule has 0 saturated carbocycles. The van der Waals surface area contributed by atoms with Gasteiger partial charge in [-0.2, -0.15) is 0 Å². The third-order valence-corrected chi connectivity index (χ3v) is 8.96. The van der Waals surface area contributed by atoms with Crippen molar-refractivity contribution >= 4 is 17.9 Å². The van der Waals surface area contributed by atoms with Crippen LogP contribution in [0.3, 0.4) is 0 Å². The molecule has 0 bridgehead atoms. The first kappa shape index (κ1) is 49.3. The molecule has 300 valence electrons. The van der Waals surface area contributed by atoms with Crippen molar-refractivity contribution in [3.8, 4) is 0 Å². The summed E-state index contributed by atoms with van der Waals surface area (Å²) < 4.78 is 17.0. The maximum Gasteiger partial charge on any atom is 0.306 e. The molecule has 52 heavy (non-hydrogen) atoms. The number of quaternary nitrogens is 1. The molecule has 0 heterocycles. The number of carboxylic acids is 1. The molecule has 0 aromatic rings. The normalized spacial score (nSPS) is 13.5. The number of unbranched alkanes of at least 4 members (excludes halogenated alkanes) is 14. The van der Waals surface area contributed by atoms with Crippen LogP contribution in [0.15, 0.2) is 48.6 Å². The lowest BCUT2D eigenvalue weighted by atomic mass is 10.1. The van der Waals surface area contributed by atoms with Gasteiger partial charge in [-0.15, -0.1) is 0 Å². The molecule has 0 aliphatic rings. The fourth-order valence-corrected chi connectivity index (χ4v) is 5.75. The summed E-state index contributed by atoms with van der Waals surface area (Å²) in [6.45, 7) is 4.45. The number of esters is 2. The van der Waals surface area contributed by atoms with Crippen molar-refractivity contribution in [3.05, 3.63) is 48.6 Å². The first-order chi connectivity index (χ1) is 25.1. The molecule has 0 aliphatic heterocycles. The van der Waals surface area contributed by atoms with Crippen molar-refractivity contribution in [2.45, 2.75) is 174 Å². The fourth-order valence-electron chi connectivity index (χ4n) is 5.75. The van der Waals surface area contributed by atoms with Gasteiger partial charge in [-0.05, 0) is 57.8 Å². The number of rotatable bonds is 36. The van der Waals surface area contributed by atoms with Gasteiger partial charge in [0.15, 0.2) is 6.10 Å². The Labute approximate surface area is 318 Å². The zero-order valence-electron chi connectivity index (χ0n) is 34.0. The van der Waals surface area contributed by atoms with Crippen molar-refractivity contribution in [2.24, 2.45) is 0 Å². The van der Waals surface area contributed by atoms with Gasteiger partial charge >= 0.3 is 11.9 Å². The van der Waals surface area contributed by atoms with E-state index >= 15 is 0 Å². The summed E-state index contributed by atoms with van der Waals surface area (Å²) in [4.78, 5) is 36.6. The van der Waals surface area contributed by atoms with Crippen molar-refractivity contribution in [1.29, 1.82) is 0 Å². The molecule has 0 amide bonds. The minimum atomic E-state index is -1.13. The predicted molar refractivity (Wildman–Crippen MR) is 213 cm³/mol. The number of carboxylic acid groups (broad SMARTS) is 1. The number of ether oxygens (including phenoxy) is 3. The average molecular weight is 732 g/mol. The lowest BCUT2D eigenvalue weighted by Crippen LogP contribution is -2.55. The van der Waals surface area contributed by atoms with Crippen LogP contribution in [0.1, 0.15) is 162 Å². The molecule has 0 radical (unpaired) electrons. The van der Waals surface area contributed by atoms with E-state index in [1.807, 2.05) is 6.08 Å². The predicted octanol–water partition coefficient (Wildman–Crippen LogP) is 9.52. The molecule has 0 aromatic carbocycles. The lowest BCUT2D eigenvalue weighted by Gasteiger charge is -2.34. The highest BCUT2D eigenvalue weighted by Gasteiger charge is 2.25. The van der Waals surface area contributed by atoms with Gasteiger partial charge in [0.2, 0.25) is 0 Å². The summed E-state index contributed by atoms with van der Waals surface area (Å²) in [5, 5.41) is 11.6. The van der Waals surface area contributed by atoms with E-state index in [0.717, 1.165) is 51.4 Å². The Morgan fingerprint density at radius 3 is 1.69 bits per heavy atom. The number of allylic oxidation sites excluding steroid dienone is 8. The summed E-state index contributed by atoms with van der Waals surface area (Å²) in [5.74, 6) is -1.81. The highest BCUT2D eigenvalue weighted by molar-refractivity contribution is 5.70. The maximum atomic E-state index is 12.6. The van der Waals surface area contributed by atoms with Crippen molar-refractivity contribution in [1.82, 2.24) is 0 Å². The van der Waals surface area contributed by atoms with Gasteiger partial charge in [0.05, 0.1) is 40.3 Å². The first-order valence-corrected chi connectivity index (χ1v) is 20.7. The minimum absolute atomic E-state index is 0.0235. The number of carbonyl (C=O) groups excluding carboxylic acids is 3. The molecule has 8 heteroatoms. The van der Waals surface area contributed by atoms with E-state index in [1.165, 1.54) is 70.6 Å². The Morgan fingerprint density at radius 1 is 0.596 bits per heavy atom. The fraction of sp³-hybridized carbons (Fsp3) is 0.750. The molecule has 0 fully saturated rings. The molecular formula is C44H77NO7. The molecule has 2 atom stereocenters. The lowest BCUT2D eigenvalue weighted by molar-refractivity contribution is -0.889. The van der Waals surface area contributed by atoms with E-state index in [4.69, 9.17) is 14.2 Å². The van der Waals surface area contributed by atoms with Gasteiger partial charge in [-0.25, -0.2) is 0 Å². The Kier molecular flexibility index (Phi) is 33.5. The van der Waals surface area contributed by atoms with E-state index in [0.29, 0.717) is 12.8 Å². The second kappa shape index (κ2) is 35.3. The van der Waals surface area contributed by atoms with Crippen LogP contribution >= 0.6 is 0 Å². The average Bonchev–Trinajstić information content (AvgIpc) is 3.09. The SMILES string of the molecule is CC/C=C/C/C=C/C/C=C/CCCCCCCCCCCCC(=O)OCC(COCCC(C(=O)[O-])[N+](C)(C)C)OC(=O)CC/C=C/CCCCCC. The quantitative estimate of drug-likeness (QED) is 0.0274. The van der Waals surface area contributed by atoms with Crippen LogP contribution in [0.4, 0.5) is 0 Å². The number of nitrogens with zero attached hydrogens (tertiary/aromatic N) is 1. The second-order valence-corrected chi connectivity index (χ2v) is 14.8. The van der Waals surface area contributed by atoms with Gasteiger partial charge in [0.1, 0.15) is 12.6 Å². The standard InChI is InChI=1S/C44H77NO7/c1-6-8-10-12-14-16-17-18-19-20-21-22-23-24-25-26-27-29-30-32-34-42(46)51-39-40(38-50-37-36-41(44(48)49)45(3,4)5)52-43(47)35-33-31-28-15-13-11-9-7-2/h8,10,14,16,18-19,28,31,40-41H,6-7,9,11-13,15,17,20-27,29-30,32-39H2,1-5H3/b10-8+,16-14+,19-18+,31-28+. The number of hydrogen-bond donors (Lipinski definition) is 0. The Hall–Kier alpha value is -2.71. The molecule has 0 N–H and O–H groups in total. The first-order valence-electron chi connectivity index (χ1n) is 20.7. The van der Waals surface area contributed by atoms with Crippen LogP contribution in [-0.2, 0) is 28.6 Å². The molecule has 0 rings (SSSR count). The van der Waals surface area contributed by atoms with E-state index in [-0.39, 0.29) is 49.1 Å².